The van der Waals surface area contributed by atoms with Crippen LogP contribution < -0.4 is 15.5 Å². The molecule has 7 heterocycles. The first-order valence-electron chi connectivity index (χ1n) is 14.2. The van der Waals surface area contributed by atoms with E-state index >= 15 is 0 Å². The summed E-state index contributed by atoms with van der Waals surface area (Å²) in [4.78, 5) is 19.3. The van der Waals surface area contributed by atoms with Gasteiger partial charge in [0.1, 0.15) is 5.82 Å². The fourth-order valence-corrected chi connectivity index (χ4v) is 6.45. The molecule has 39 heavy (non-hydrogen) atoms. The largest absolute Gasteiger partial charge is 0.376 e. The van der Waals surface area contributed by atoms with Gasteiger partial charge in [0, 0.05) is 49.4 Å². The maximum absolute atomic E-state index is 6.51. The molecule has 7 rings (SSSR count). The molecule has 0 bridgehead atoms. The van der Waals surface area contributed by atoms with Crippen molar-refractivity contribution >= 4 is 28.5 Å². The second kappa shape index (κ2) is 9.56. The number of hydrogen-bond donors (Lipinski definition) is 2. The molecule has 1 spiro atoms. The molecule has 11 nitrogen and oxygen atoms in total. The summed E-state index contributed by atoms with van der Waals surface area (Å²) in [5.74, 6) is 1.68. The Labute approximate surface area is 227 Å². The van der Waals surface area contributed by atoms with Crippen molar-refractivity contribution in [1.29, 1.82) is 0 Å². The van der Waals surface area contributed by atoms with Crippen LogP contribution in [0.5, 0.6) is 0 Å². The first-order chi connectivity index (χ1) is 19.0. The second-order valence-electron chi connectivity index (χ2n) is 11.3. The SMILES string of the molecule is CCCn1cc(-c2ccc3c(n2)CCCN3c2n[nH]c3nc(N4CCC5(CC4)CO[C@@H](C)C5N)cnc23)cn1. The number of aromatic amines is 1. The summed E-state index contributed by atoms with van der Waals surface area (Å²) in [6.45, 7) is 8.57. The summed E-state index contributed by atoms with van der Waals surface area (Å²) in [7, 11) is 0. The first kappa shape index (κ1) is 24.5. The number of aromatic nitrogens is 7. The van der Waals surface area contributed by atoms with Crippen LogP contribution in [0.1, 0.15) is 45.2 Å². The number of H-pyrrole nitrogens is 1. The van der Waals surface area contributed by atoms with Crippen LogP contribution >= 0.6 is 0 Å². The topological polar surface area (TPSA) is 127 Å². The molecular weight excluding hydrogens is 492 g/mol. The minimum Gasteiger partial charge on any atom is -0.376 e. The van der Waals surface area contributed by atoms with Crippen molar-refractivity contribution in [1.82, 2.24) is 34.9 Å². The molecule has 11 heteroatoms. The van der Waals surface area contributed by atoms with Crippen molar-refractivity contribution in [3.8, 4) is 11.3 Å². The predicted molar refractivity (Wildman–Crippen MR) is 150 cm³/mol. The van der Waals surface area contributed by atoms with Crippen LogP contribution in [0.25, 0.3) is 22.4 Å². The Kier molecular flexibility index (Phi) is 6.00. The lowest BCUT2D eigenvalue weighted by molar-refractivity contribution is 0.0974. The minimum atomic E-state index is 0.0835. The average Bonchev–Trinajstić information content (AvgIpc) is 3.68. The molecule has 0 amide bonds. The molecule has 0 aliphatic carbocycles. The van der Waals surface area contributed by atoms with Crippen LogP contribution in [0.2, 0.25) is 0 Å². The van der Waals surface area contributed by atoms with E-state index in [1.807, 2.05) is 17.1 Å². The van der Waals surface area contributed by atoms with Gasteiger partial charge in [-0.2, -0.15) is 10.2 Å². The van der Waals surface area contributed by atoms with Crippen molar-refractivity contribution in [2.75, 3.05) is 36.0 Å². The average molecular weight is 529 g/mol. The summed E-state index contributed by atoms with van der Waals surface area (Å²) in [5, 5.41) is 12.3. The van der Waals surface area contributed by atoms with E-state index in [-0.39, 0.29) is 17.6 Å². The Hall–Kier alpha value is -3.57. The molecule has 3 aliphatic heterocycles. The molecule has 3 aliphatic rings. The quantitative estimate of drug-likeness (QED) is 0.400. The summed E-state index contributed by atoms with van der Waals surface area (Å²) in [6.07, 6.45) is 11.0. The number of aryl methyl sites for hydroxylation is 2. The van der Waals surface area contributed by atoms with Gasteiger partial charge in [0.15, 0.2) is 17.0 Å². The third-order valence-electron chi connectivity index (χ3n) is 8.84. The number of nitrogens with one attached hydrogen (secondary N) is 1. The molecule has 0 saturated carbocycles. The third kappa shape index (κ3) is 4.15. The molecule has 2 atom stereocenters. The zero-order valence-electron chi connectivity index (χ0n) is 22.7. The number of pyridine rings is 1. The summed E-state index contributed by atoms with van der Waals surface area (Å²) in [5.41, 5.74) is 12.2. The van der Waals surface area contributed by atoms with E-state index in [0.717, 1.165) is 105 Å². The molecule has 0 radical (unpaired) electrons. The highest BCUT2D eigenvalue weighted by atomic mass is 16.5. The number of rotatable bonds is 5. The highest BCUT2D eigenvalue weighted by Crippen LogP contribution is 2.42. The minimum absolute atomic E-state index is 0.0835. The predicted octanol–water partition coefficient (Wildman–Crippen LogP) is 3.44. The van der Waals surface area contributed by atoms with E-state index in [2.05, 4.69) is 57.3 Å². The smallest absolute Gasteiger partial charge is 0.183 e. The van der Waals surface area contributed by atoms with E-state index in [4.69, 9.17) is 25.4 Å². The Morgan fingerprint density at radius 2 is 2.03 bits per heavy atom. The molecule has 0 aromatic carbocycles. The van der Waals surface area contributed by atoms with E-state index in [9.17, 15) is 0 Å². The molecule has 1 unspecified atom stereocenters. The van der Waals surface area contributed by atoms with E-state index < -0.39 is 0 Å². The number of piperidine rings is 1. The Morgan fingerprint density at radius 3 is 2.82 bits per heavy atom. The van der Waals surface area contributed by atoms with Crippen molar-refractivity contribution in [3.63, 3.8) is 0 Å². The number of nitrogens with two attached hydrogens (primary N) is 1. The zero-order valence-corrected chi connectivity index (χ0v) is 22.7. The summed E-state index contributed by atoms with van der Waals surface area (Å²) in [6, 6.07) is 4.33. The molecule has 3 N–H and O–H groups in total. The van der Waals surface area contributed by atoms with E-state index in [1.54, 1.807) is 0 Å². The van der Waals surface area contributed by atoms with Crippen LogP contribution in [-0.4, -0.2) is 73.3 Å². The van der Waals surface area contributed by atoms with Crippen molar-refractivity contribution in [2.24, 2.45) is 11.1 Å². The third-order valence-corrected chi connectivity index (χ3v) is 8.84. The van der Waals surface area contributed by atoms with Crippen molar-refractivity contribution < 1.29 is 4.74 Å². The molecular formula is C28H36N10O. The standard InChI is InChI=1S/C28H36N10O/c1-3-10-37-16-19(14-31-37)20-6-7-22-21(32-20)5-4-11-38(22)27-24-26(34-35-27)33-23(15-30-24)36-12-8-28(9-13-36)17-39-18(2)25(28)29/h6-7,14-16,18,25H,3-5,8-13,17,29H2,1-2H3,(H,33,34,35)/t18-,25?/m0/s1. The van der Waals surface area contributed by atoms with Gasteiger partial charge in [-0.15, -0.1) is 0 Å². The Bertz CT molecular complexity index is 1490. The number of fused-ring (bicyclic) bond motifs is 2. The lowest BCUT2D eigenvalue weighted by atomic mass is 9.73. The lowest BCUT2D eigenvalue weighted by Gasteiger charge is -2.41. The van der Waals surface area contributed by atoms with Gasteiger partial charge < -0.3 is 20.3 Å². The highest BCUT2D eigenvalue weighted by Gasteiger charge is 2.47. The van der Waals surface area contributed by atoms with Crippen molar-refractivity contribution in [3.05, 3.63) is 36.4 Å². The second-order valence-corrected chi connectivity index (χ2v) is 11.3. The first-order valence-corrected chi connectivity index (χ1v) is 14.2. The zero-order chi connectivity index (χ0) is 26.6. The van der Waals surface area contributed by atoms with Crippen LogP contribution in [0, 0.1) is 5.41 Å². The van der Waals surface area contributed by atoms with Crippen LogP contribution in [0.4, 0.5) is 17.3 Å². The maximum atomic E-state index is 6.51. The Balaban J connectivity index is 1.12. The Morgan fingerprint density at radius 1 is 1.15 bits per heavy atom. The van der Waals surface area contributed by atoms with Crippen molar-refractivity contribution in [2.45, 2.75) is 64.6 Å². The van der Waals surface area contributed by atoms with Gasteiger partial charge in [0.2, 0.25) is 0 Å². The molecule has 4 aromatic rings. The van der Waals surface area contributed by atoms with Gasteiger partial charge in [-0.25, -0.2) is 9.97 Å². The number of nitrogens with zero attached hydrogens (tertiary/aromatic N) is 8. The molecule has 204 valence electrons. The molecule has 2 saturated heterocycles. The fraction of sp³-hybridized carbons (Fsp3) is 0.536. The van der Waals surface area contributed by atoms with Gasteiger partial charge in [0.25, 0.3) is 0 Å². The van der Waals surface area contributed by atoms with Gasteiger partial charge in [-0.05, 0) is 51.2 Å². The highest BCUT2D eigenvalue weighted by molar-refractivity contribution is 5.87. The summed E-state index contributed by atoms with van der Waals surface area (Å²) >= 11 is 0. The van der Waals surface area contributed by atoms with Gasteiger partial charge in [-0.1, -0.05) is 6.92 Å². The normalized spacial score (nSPS) is 22.6. The van der Waals surface area contributed by atoms with Crippen LogP contribution in [0.3, 0.4) is 0 Å². The van der Waals surface area contributed by atoms with Gasteiger partial charge in [-0.3, -0.25) is 14.8 Å². The number of ether oxygens (including phenoxy) is 1. The fourth-order valence-electron chi connectivity index (χ4n) is 6.45. The maximum Gasteiger partial charge on any atom is 0.183 e. The molecule has 4 aromatic heterocycles. The lowest BCUT2D eigenvalue weighted by Crippen LogP contribution is -2.50. The van der Waals surface area contributed by atoms with Gasteiger partial charge in [0.05, 0.1) is 42.2 Å². The molecule has 2 fully saturated rings. The van der Waals surface area contributed by atoms with E-state index in [1.165, 1.54) is 0 Å². The van der Waals surface area contributed by atoms with Crippen LogP contribution in [0.15, 0.2) is 30.7 Å². The summed E-state index contributed by atoms with van der Waals surface area (Å²) < 4.78 is 7.86. The monoisotopic (exact) mass is 528 g/mol. The number of hydrogen-bond acceptors (Lipinski definition) is 9. The van der Waals surface area contributed by atoms with E-state index in [0.29, 0.717) is 5.65 Å². The van der Waals surface area contributed by atoms with Crippen LogP contribution in [-0.2, 0) is 17.7 Å². The number of anilines is 3. The van der Waals surface area contributed by atoms with Gasteiger partial charge >= 0.3 is 0 Å².